The van der Waals surface area contributed by atoms with E-state index < -0.39 is 5.97 Å². The zero-order chi connectivity index (χ0) is 11.5. The lowest BCUT2D eigenvalue weighted by Gasteiger charge is -2.29. The number of hydrogen-bond acceptors (Lipinski definition) is 3. The second kappa shape index (κ2) is 5.14. The van der Waals surface area contributed by atoms with E-state index in [1.54, 1.807) is 18.2 Å². The minimum absolute atomic E-state index is 0.352. The van der Waals surface area contributed by atoms with Crippen LogP contribution < -0.4 is 0 Å². The maximum absolute atomic E-state index is 6.04. The summed E-state index contributed by atoms with van der Waals surface area (Å²) < 4.78 is 15.5. The van der Waals surface area contributed by atoms with Gasteiger partial charge >= 0.3 is 5.97 Å². The number of halogens is 2. The van der Waals surface area contributed by atoms with Gasteiger partial charge in [0.25, 0.3) is 0 Å². The lowest BCUT2D eigenvalue weighted by molar-refractivity contribution is -0.364. The fourth-order valence-corrected chi connectivity index (χ4v) is 1.74. The molecule has 1 aromatic rings. The largest absolute Gasteiger partial charge is 0.327 e. The third-order valence-corrected chi connectivity index (χ3v) is 2.91. The van der Waals surface area contributed by atoms with Crippen molar-refractivity contribution in [2.45, 2.75) is 5.97 Å². The Morgan fingerprint density at radius 3 is 2.00 bits per heavy atom. The Balaban J connectivity index is 3.28. The van der Waals surface area contributed by atoms with Gasteiger partial charge in [0.2, 0.25) is 0 Å². The number of ether oxygens (including phenoxy) is 3. The molecule has 0 aliphatic carbocycles. The highest BCUT2D eigenvalue weighted by molar-refractivity contribution is 6.42. The van der Waals surface area contributed by atoms with Crippen LogP contribution in [0.15, 0.2) is 18.2 Å². The van der Waals surface area contributed by atoms with E-state index in [0.717, 1.165) is 0 Å². The van der Waals surface area contributed by atoms with Gasteiger partial charge in [0.15, 0.2) is 0 Å². The molecule has 0 amide bonds. The molecular formula is C10H12Cl2O3. The Morgan fingerprint density at radius 1 is 1.00 bits per heavy atom. The van der Waals surface area contributed by atoms with E-state index in [2.05, 4.69) is 0 Å². The minimum Gasteiger partial charge on any atom is -0.327 e. The second-order valence-corrected chi connectivity index (χ2v) is 3.56. The van der Waals surface area contributed by atoms with Crippen molar-refractivity contribution in [2.24, 2.45) is 0 Å². The molecule has 1 aromatic carbocycles. The summed E-state index contributed by atoms with van der Waals surface area (Å²) in [4.78, 5) is 0. The molecule has 0 fully saturated rings. The van der Waals surface area contributed by atoms with Crippen LogP contribution in [0, 0.1) is 0 Å². The summed E-state index contributed by atoms with van der Waals surface area (Å²) in [7, 11) is 4.39. The van der Waals surface area contributed by atoms with Gasteiger partial charge in [0.05, 0.1) is 15.6 Å². The zero-order valence-electron chi connectivity index (χ0n) is 8.71. The van der Waals surface area contributed by atoms with E-state index in [-0.39, 0.29) is 0 Å². The first kappa shape index (κ1) is 12.7. The Labute approximate surface area is 98.8 Å². The van der Waals surface area contributed by atoms with Crippen LogP contribution in [-0.4, -0.2) is 21.3 Å². The quantitative estimate of drug-likeness (QED) is 0.770. The molecule has 0 saturated heterocycles. The highest BCUT2D eigenvalue weighted by Gasteiger charge is 2.35. The third kappa shape index (κ3) is 2.27. The molecule has 5 heteroatoms. The SMILES string of the molecule is COC(OC)(OC)c1cccc(Cl)c1Cl. The van der Waals surface area contributed by atoms with Crippen LogP contribution in [0.2, 0.25) is 10.0 Å². The van der Waals surface area contributed by atoms with Gasteiger partial charge in [-0.05, 0) is 12.1 Å². The van der Waals surface area contributed by atoms with Gasteiger partial charge in [-0.3, -0.25) is 0 Å². The van der Waals surface area contributed by atoms with E-state index in [0.29, 0.717) is 15.6 Å². The fraction of sp³-hybridized carbons (Fsp3) is 0.400. The molecule has 15 heavy (non-hydrogen) atoms. The molecule has 0 aromatic heterocycles. The molecule has 0 aliphatic heterocycles. The topological polar surface area (TPSA) is 27.7 Å². The van der Waals surface area contributed by atoms with Crippen molar-refractivity contribution < 1.29 is 14.2 Å². The van der Waals surface area contributed by atoms with Gasteiger partial charge in [-0.1, -0.05) is 29.3 Å². The molecule has 0 saturated carbocycles. The van der Waals surface area contributed by atoms with Crippen molar-refractivity contribution in [3.05, 3.63) is 33.8 Å². The predicted molar refractivity (Wildman–Crippen MR) is 59.2 cm³/mol. The standard InChI is InChI=1S/C10H12Cl2O3/c1-13-10(14-2,15-3)7-5-4-6-8(11)9(7)12/h4-6H,1-3H3. The Hall–Kier alpha value is -0.320. The number of hydrogen-bond donors (Lipinski definition) is 0. The molecule has 0 aliphatic rings. The molecule has 0 unspecified atom stereocenters. The van der Waals surface area contributed by atoms with Gasteiger partial charge in [-0.15, -0.1) is 0 Å². The van der Waals surface area contributed by atoms with Crippen molar-refractivity contribution in [3.8, 4) is 0 Å². The maximum atomic E-state index is 6.04. The highest BCUT2D eigenvalue weighted by Crippen LogP contribution is 2.36. The molecule has 0 bridgehead atoms. The number of benzene rings is 1. The summed E-state index contributed by atoms with van der Waals surface area (Å²) in [5, 5.41) is 0.773. The van der Waals surface area contributed by atoms with Crippen LogP contribution in [0.1, 0.15) is 5.56 Å². The van der Waals surface area contributed by atoms with Crippen LogP contribution in [0.3, 0.4) is 0 Å². The lowest BCUT2D eigenvalue weighted by atomic mass is 10.2. The first-order chi connectivity index (χ1) is 7.11. The van der Waals surface area contributed by atoms with E-state index in [1.165, 1.54) is 21.3 Å². The van der Waals surface area contributed by atoms with Crippen molar-refractivity contribution in [1.82, 2.24) is 0 Å². The number of methoxy groups -OCH3 is 3. The molecule has 0 heterocycles. The molecule has 84 valence electrons. The maximum Gasteiger partial charge on any atom is 0.312 e. The normalized spacial score (nSPS) is 11.8. The molecule has 0 atom stereocenters. The molecule has 3 nitrogen and oxygen atoms in total. The van der Waals surface area contributed by atoms with Gasteiger partial charge < -0.3 is 14.2 Å². The van der Waals surface area contributed by atoms with Crippen LogP contribution in [0.5, 0.6) is 0 Å². The highest BCUT2D eigenvalue weighted by atomic mass is 35.5. The summed E-state index contributed by atoms with van der Waals surface area (Å²) in [6.45, 7) is 0. The molecule has 0 N–H and O–H groups in total. The van der Waals surface area contributed by atoms with Crippen LogP contribution in [0.25, 0.3) is 0 Å². The van der Waals surface area contributed by atoms with Gasteiger partial charge in [0.1, 0.15) is 0 Å². The van der Waals surface area contributed by atoms with E-state index >= 15 is 0 Å². The average Bonchev–Trinajstić information content (AvgIpc) is 2.27. The van der Waals surface area contributed by atoms with Crippen LogP contribution in [0.4, 0.5) is 0 Å². The summed E-state index contributed by atoms with van der Waals surface area (Å²) in [6.07, 6.45) is 0. The van der Waals surface area contributed by atoms with E-state index in [1.807, 2.05) is 0 Å². The van der Waals surface area contributed by atoms with Crippen LogP contribution in [-0.2, 0) is 20.2 Å². The summed E-state index contributed by atoms with van der Waals surface area (Å²) >= 11 is 11.9. The van der Waals surface area contributed by atoms with Crippen molar-refractivity contribution in [2.75, 3.05) is 21.3 Å². The van der Waals surface area contributed by atoms with Gasteiger partial charge in [0, 0.05) is 21.3 Å². The Kier molecular flexibility index (Phi) is 4.37. The second-order valence-electron chi connectivity index (χ2n) is 2.77. The smallest absolute Gasteiger partial charge is 0.312 e. The van der Waals surface area contributed by atoms with Crippen molar-refractivity contribution in [3.63, 3.8) is 0 Å². The number of rotatable bonds is 4. The Morgan fingerprint density at radius 2 is 1.53 bits per heavy atom. The first-order valence-electron chi connectivity index (χ1n) is 4.21. The first-order valence-corrected chi connectivity index (χ1v) is 4.97. The predicted octanol–water partition coefficient (Wildman–Crippen LogP) is 3.04. The zero-order valence-corrected chi connectivity index (χ0v) is 10.2. The Bertz CT molecular complexity index is 329. The van der Waals surface area contributed by atoms with Gasteiger partial charge in [-0.25, -0.2) is 0 Å². The lowest BCUT2D eigenvalue weighted by Crippen LogP contribution is -2.33. The summed E-state index contributed by atoms with van der Waals surface area (Å²) in [6, 6.07) is 5.15. The molecule has 0 radical (unpaired) electrons. The van der Waals surface area contributed by atoms with E-state index in [4.69, 9.17) is 37.4 Å². The molecule has 1 rings (SSSR count). The van der Waals surface area contributed by atoms with E-state index in [9.17, 15) is 0 Å². The minimum atomic E-state index is -1.32. The monoisotopic (exact) mass is 250 g/mol. The van der Waals surface area contributed by atoms with Crippen LogP contribution >= 0.6 is 23.2 Å². The van der Waals surface area contributed by atoms with Gasteiger partial charge in [-0.2, -0.15) is 0 Å². The summed E-state index contributed by atoms with van der Waals surface area (Å²) in [5.74, 6) is -1.32. The molecule has 0 spiro atoms. The van der Waals surface area contributed by atoms with Crippen molar-refractivity contribution in [1.29, 1.82) is 0 Å². The fourth-order valence-electron chi connectivity index (χ4n) is 1.32. The van der Waals surface area contributed by atoms with Crippen molar-refractivity contribution >= 4 is 23.2 Å². The molecular weight excluding hydrogens is 239 g/mol. The average molecular weight is 251 g/mol. The summed E-state index contributed by atoms with van der Waals surface area (Å²) in [5.41, 5.74) is 0.532. The third-order valence-electron chi connectivity index (χ3n) is 2.09.